The number of piperidine rings is 1. The lowest BCUT2D eigenvalue weighted by molar-refractivity contribution is 0.0677. The highest BCUT2D eigenvalue weighted by molar-refractivity contribution is 5.93. The maximum atomic E-state index is 12.7. The van der Waals surface area contributed by atoms with E-state index in [0.29, 0.717) is 23.1 Å². The smallest absolute Gasteiger partial charge is 0.272 e. The molecule has 1 unspecified atom stereocenters. The lowest BCUT2D eigenvalue weighted by atomic mass is 10.00. The van der Waals surface area contributed by atoms with Gasteiger partial charge in [0.15, 0.2) is 11.5 Å². The third kappa shape index (κ3) is 4.07. The molecule has 1 aromatic heterocycles. The van der Waals surface area contributed by atoms with Crippen molar-refractivity contribution in [3.63, 3.8) is 0 Å². The highest BCUT2D eigenvalue weighted by Crippen LogP contribution is 2.31. The molecule has 6 heteroatoms. The van der Waals surface area contributed by atoms with Crippen molar-refractivity contribution in [2.75, 3.05) is 32.6 Å². The Morgan fingerprint density at radius 2 is 1.92 bits per heavy atom. The zero-order valence-electron chi connectivity index (χ0n) is 15.5. The molecule has 1 aliphatic heterocycles. The molecule has 0 bridgehead atoms. The molecule has 2 heterocycles. The third-order valence-corrected chi connectivity index (χ3v) is 4.60. The van der Waals surface area contributed by atoms with Gasteiger partial charge in [0.05, 0.1) is 14.2 Å². The van der Waals surface area contributed by atoms with E-state index in [1.165, 1.54) is 6.42 Å². The van der Waals surface area contributed by atoms with Crippen molar-refractivity contribution in [3.05, 3.63) is 42.2 Å². The lowest BCUT2D eigenvalue weighted by Gasteiger charge is -2.30. The molecule has 1 saturated heterocycles. The fraction of sp³-hybridized carbons (Fsp3) is 0.400. The van der Waals surface area contributed by atoms with Gasteiger partial charge in [-0.05, 0) is 43.0 Å². The van der Waals surface area contributed by atoms with E-state index in [9.17, 15) is 4.79 Å². The molecule has 6 nitrogen and oxygen atoms in total. The molecule has 0 radical (unpaired) electrons. The van der Waals surface area contributed by atoms with Gasteiger partial charge in [0.1, 0.15) is 5.69 Å². The van der Waals surface area contributed by atoms with Crippen molar-refractivity contribution in [2.24, 2.45) is 5.92 Å². The van der Waals surface area contributed by atoms with Gasteiger partial charge in [0, 0.05) is 36.7 Å². The zero-order valence-corrected chi connectivity index (χ0v) is 15.5. The Labute approximate surface area is 154 Å². The first-order chi connectivity index (χ1) is 12.6. The van der Waals surface area contributed by atoms with Crippen LogP contribution in [0.5, 0.6) is 11.5 Å². The molecule has 138 valence electrons. The Kier molecular flexibility index (Phi) is 5.61. The van der Waals surface area contributed by atoms with Crippen molar-refractivity contribution in [1.29, 1.82) is 0 Å². The van der Waals surface area contributed by atoms with E-state index < -0.39 is 0 Å². The summed E-state index contributed by atoms with van der Waals surface area (Å²) in [5.74, 6) is 1.85. The number of hydrogen-bond donors (Lipinski definition) is 1. The van der Waals surface area contributed by atoms with Crippen molar-refractivity contribution >= 4 is 17.3 Å². The molecule has 0 spiro atoms. The molecule has 1 aliphatic rings. The van der Waals surface area contributed by atoms with Crippen molar-refractivity contribution < 1.29 is 14.3 Å². The molecular formula is C20H25N3O3. The molecule has 26 heavy (non-hydrogen) atoms. The van der Waals surface area contributed by atoms with Crippen LogP contribution in [0.1, 0.15) is 30.3 Å². The quantitative estimate of drug-likeness (QED) is 0.886. The molecule has 1 amide bonds. The van der Waals surface area contributed by atoms with Crippen LogP contribution in [-0.4, -0.2) is 43.1 Å². The number of carbonyl (C=O) groups excluding carboxylic acids is 1. The van der Waals surface area contributed by atoms with Crippen LogP contribution in [0.2, 0.25) is 0 Å². The van der Waals surface area contributed by atoms with E-state index in [4.69, 9.17) is 9.47 Å². The van der Waals surface area contributed by atoms with Gasteiger partial charge < -0.3 is 19.7 Å². The molecule has 2 aromatic rings. The molecule has 0 aliphatic carbocycles. The van der Waals surface area contributed by atoms with Crippen molar-refractivity contribution in [1.82, 2.24) is 9.88 Å². The molecule has 0 saturated carbocycles. The zero-order chi connectivity index (χ0) is 18.5. The van der Waals surface area contributed by atoms with E-state index in [2.05, 4.69) is 17.2 Å². The minimum Gasteiger partial charge on any atom is -0.493 e. The number of carbonyl (C=O) groups is 1. The van der Waals surface area contributed by atoms with Gasteiger partial charge in [0.2, 0.25) is 0 Å². The summed E-state index contributed by atoms with van der Waals surface area (Å²) in [6.07, 6.45) is 3.89. The van der Waals surface area contributed by atoms with Crippen LogP contribution in [0, 0.1) is 5.92 Å². The molecule has 1 aromatic carbocycles. The van der Waals surface area contributed by atoms with Gasteiger partial charge >= 0.3 is 0 Å². The summed E-state index contributed by atoms with van der Waals surface area (Å²) < 4.78 is 10.6. The summed E-state index contributed by atoms with van der Waals surface area (Å²) >= 11 is 0. The van der Waals surface area contributed by atoms with Crippen LogP contribution < -0.4 is 14.8 Å². The summed E-state index contributed by atoms with van der Waals surface area (Å²) in [7, 11) is 3.21. The SMILES string of the molecule is COc1ccc(Nc2ccnc(C(=O)N3CCCC(C)C3)c2)cc1OC. The Balaban J connectivity index is 1.76. The van der Waals surface area contributed by atoms with Gasteiger partial charge in [-0.2, -0.15) is 0 Å². The lowest BCUT2D eigenvalue weighted by Crippen LogP contribution is -2.39. The number of amides is 1. The van der Waals surface area contributed by atoms with E-state index in [1.54, 1.807) is 26.5 Å². The van der Waals surface area contributed by atoms with E-state index in [1.807, 2.05) is 29.2 Å². The number of benzene rings is 1. The first-order valence-corrected chi connectivity index (χ1v) is 8.85. The third-order valence-electron chi connectivity index (χ3n) is 4.60. The number of aromatic nitrogens is 1. The minimum atomic E-state index is -0.00693. The second-order valence-corrected chi connectivity index (χ2v) is 6.62. The van der Waals surface area contributed by atoms with E-state index in [0.717, 1.165) is 30.9 Å². The number of pyridine rings is 1. The topological polar surface area (TPSA) is 63.7 Å². The predicted molar refractivity (Wildman–Crippen MR) is 101 cm³/mol. The minimum absolute atomic E-state index is 0.00693. The van der Waals surface area contributed by atoms with Gasteiger partial charge in [-0.3, -0.25) is 9.78 Å². The van der Waals surface area contributed by atoms with Crippen LogP contribution in [0.4, 0.5) is 11.4 Å². The number of rotatable bonds is 5. The first kappa shape index (κ1) is 18.0. The number of likely N-dealkylation sites (tertiary alicyclic amines) is 1. The van der Waals surface area contributed by atoms with Crippen LogP contribution in [0.25, 0.3) is 0 Å². The molecule has 1 fully saturated rings. The van der Waals surface area contributed by atoms with E-state index in [-0.39, 0.29) is 5.91 Å². The van der Waals surface area contributed by atoms with Crippen molar-refractivity contribution in [2.45, 2.75) is 19.8 Å². The first-order valence-electron chi connectivity index (χ1n) is 8.85. The second-order valence-electron chi connectivity index (χ2n) is 6.62. The highest BCUT2D eigenvalue weighted by Gasteiger charge is 2.23. The van der Waals surface area contributed by atoms with Crippen LogP contribution >= 0.6 is 0 Å². The summed E-state index contributed by atoms with van der Waals surface area (Å²) in [6.45, 7) is 3.79. The van der Waals surface area contributed by atoms with Crippen molar-refractivity contribution in [3.8, 4) is 11.5 Å². The average Bonchev–Trinajstić information content (AvgIpc) is 2.67. The highest BCUT2D eigenvalue weighted by atomic mass is 16.5. The molecule has 1 N–H and O–H groups in total. The summed E-state index contributed by atoms with van der Waals surface area (Å²) in [5.41, 5.74) is 2.11. The number of nitrogens with one attached hydrogen (secondary N) is 1. The summed E-state index contributed by atoms with van der Waals surface area (Å²) in [4.78, 5) is 18.9. The molecular weight excluding hydrogens is 330 g/mol. The van der Waals surface area contributed by atoms with Crippen LogP contribution in [-0.2, 0) is 0 Å². The standard InChI is InChI=1S/C20H25N3O3/c1-14-5-4-10-23(13-14)20(24)17-11-16(8-9-21-17)22-15-6-7-18(25-2)19(12-15)26-3/h6-9,11-12,14H,4-5,10,13H2,1-3H3,(H,21,22). The summed E-state index contributed by atoms with van der Waals surface area (Å²) in [5, 5.41) is 3.29. The average molecular weight is 355 g/mol. The Hall–Kier alpha value is -2.76. The maximum Gasteiger partial charge on any atom is 0.272 e. The number of nitrogens with zero attached hydrogens (tertiary/aromatic N) is 2. The number of hydrogen-bond acceptors (Lipinski definition) is 5. The van der Waals surface area contributed by atoms with E-state index >= 15 is 0 Å². The number of anilines is 2. The number of ether oxygens (including phenoxy) is 2. The molecule has 1 atom stereocenters. The van der Waals surface area contributed by atoms with Gasteiger partial charge in [0.25, 0.3) is 5.91 Å². The summed E-state index contributed by atoms with van der Waals surface area (Å²) in [6, 6.07) is 9.22. The second kappa shape index (κ2) is 8.08. The predicted octanol–water partition coefficient (Wildman–Crippen LogP) is 3.71. The fourth-order valence-electron chi connectivity index (χ4n) is 3.24. The Morgan fingerprint density at radius 1 is 1.15 bits per heavy atom. The fourth-order valence-corrected chi connectivity index (χ4v) is 3.24. The van der Waals surface area contributed by atoms with Crippen LogP contribution in [0.3, 0.4) is 0 Å². The van der Waals surface area contributed by atoms with Crippen LogP contribution in [0.15, 0.2) is 36.5 Å². The molecule has 3 rings (SSSR count). The normalized spacial score (nSPS) is 16.9. The Morgan fingerprint density at radius 3 is 2.65 bits per heavy atom. The Bertz CT molecular complexity index is 779. The largest absolute Gasteiger partial charge is 0.493 e. The maximum absolute atomic E-state index is 12.7. The monoisotopic (exact) mass is 355 g/mol. The van der Waals surface area contributed by atoms with Gasteiger partial charge in [-0.25, -0.2) is 0 Å². The number of methoxy groups -OCH3 is 2. The van der Waals surface area contributed by atoms with Gasteiger partial charge in [-0.1, -0.05) is 6.92 Å². The van der Waals surface area contributed by atoms with Gasteiger partial charge in [-0.15, -0.1) is 0 Å².